The maximum Gasteiger partial charge on any atom is 0.307 e. The molecule has 2 rings (SSSR count). The summed E-state index contributed by atoms with van der Waals surface area (Å²) in [6, 6.07) is 0. The topological polar surface area (TPSA) is 66.2 Å². The molecule has 1 aliphatic carbocycles. The third-order valence-corrected chi connectivity index (χ3v) is 4.66. The average molecular weight is 361 g/mol. The second-order valence-electron chi connectivity index (χ2n) is 7.29. The molecule has 0 aliphatic heterocycles. The van der Waals surface area contributed by atoms with Crippen LogP contribution in [0.4, 0.5) is 0 Å². The normalized spacial score (nSPS) is 19.0. The number of hydrogen-bond donors (Lipinski definition) is 0. The molecule has 0 N–H and O–H groups in total. The molecular weight excluding hydrogens is 330 g/mol. The number of carbonyl (C=O) groups is 1. The third-order valence-electron chi connectivity index (χ3n) is 4.66. The van der Waals surface area contributed by atoms with Crippen LogP contribution in [0.15, 0.2) is 30.6 Å². The average Bonchev–Trinajstić information content (AvgIpc) is 3.11. The first kappa shape index (κ1) is 20.4. The lowest BCUT2D eigenvalue weighted by Crippen LogP contribution is -2.37. The van der Waals surface area contributed by atoms with Crippen LogP contribution in [-0.2, 0) is 14.3 Å². The predicted octanol–water partition coefficient (Wildman–Crippen LogP) is 4.35. The highest BCUT2D eigenvalue weighted by Gasteiger charge is 2.40. The van der Waals surface area contributed by atoms with E-state index in [2.05, 4.69) is 17.0 Å². The smallest absolute Gasteiger partial charge is 0.307 e. The number of ether oxygens (including phenoxy) is 2. The molecule has 0 radical (unpaired) electrons. The molecule has 0 spiro atoms. The largest absolute Gasteiger partial charge is 0.428 e. The van der Waals surface area contributed by atoms with Gasteiger partial charge in [0.25, 0.3) is 0 Å². The van der Waals surface area contributed by atoms with Crippen molar-refractivity contribution < 1.29 is 14.3 Å². The molecule has 1 atom stereocenters. The second-order valence-corrected chi connectivity index (χ2v) is 7.29. The van der Waals surface area contributed by atoms with Gasteiger partial charge in [-0.2, -0.15) is 5.10 Å². The molecule has 0 amide bonds. The standard InChI is InChI=1S/C20H31N3O3/c1-5-6-7-8-9-10-13-25-18-12-11-17(23-15-21-14-22-23)19(20(18,3)4)26-16(2)24/h11-12,14-15,18H,5-10,13H2,1-4H3. The van der Waals surface area contributed by atoms with Gasteiger partial charge in [0, 0.05) is 13.5 Å². The SMILES string of the molecule is CCCCCCCCOC1C=CC(n2cncn2)=C(OC(C)=O)C1(C)C. The van der Waals surface area contributed by atoms with E-state index < -0.39 is 5.41 Å². The lowest BCUT2D eigenvalue weighted by atomic mass is 9.80. The summed E-state index contributed by atoms with van der Waals surface area (Å²) < 4.78 is 13.3. The van der Waals surface area contributed by atoms with Crippen molar-refractivity contribution >= 4 is 11.7 Å². The van der Waals surface area contributed by atoms with Gasteiger partial charge >= 0.3 is 5.97 Å². The summed E-state index contributed by atoms with van der Waals surface area (Å²) in [4.78, 5) is 15.6. The van der Waals surface area contributed by atoms with E-state index in [-0.39, 0.29) is 12.1 Å². The van der Waals surface area contributed by atoms with E-state index in [1.807, 2.05) is 26.0 Å². The summed E-state index contributed by atoms with van der Waals surface area (Å²) in [7, 11) is 0. The van der Waals surface area contributed by atoms with Gasteiger partial charge in [-0.15, -0.1) is 0 Å². The summed E-state index contributed by atoms with van der Waals surface area (Å²) in [5, 5.41) is 4.16. The van der Waals surface area contributed by atoms with Crippen LogP contribution in [-0.4, -0.2) is 33.4 Å². The van der Waals surface area contributed by atoms with E-state index in [1.54, 1.807) is 11.0 Å². The minimum absolute atomic E-state index is 0.153. The van der Waals surface area contributed by atoms with E-state index in [4.69, 9.17) is 9.47 Å². The first-order valence-corrected chi connectivity index (χ1v) is 9.54. The van der Waals surface area contributed by atoms with Crippen LogP contribution < -0.4 is 0 Å². The van der Waals surface area contributed by atoms with Gasteiger partial charge in [0.1, 0.15) is 24.1 Å². The van der Waals surface area contributed by atoms with E-state index >= 15 is 0 Å². The molecule has 0 saturated heterocycles. The van der Waals surface area contributed by atoms with Crippen molar-refractivity contribution in [1.29, 1.82) is 0 Å². The van der Waals surface area contributed by atoms with Gasteiger partial charge in [-0.1, -0.05) is 45.1 Å². The van der Waals surface area contributed by atoms with Crippen molar-refractivity contribution in [3.8, 4) is 0 Å². The Morgan fingerprint density at radius 3 is 2.62 bits per heavy atom. The molecular formula is C20H31N3O3. The fraction of sp³-hybridized carbons (Fsp3) is 0.650. The highest BCUT2D eigenvalue weighted by Crippen LogP contribution is 2.40. The zero-order valence-corrected chi connectivity index (χ0v) is 16.4. The van der Waals surface area contributed by atoms with Crippen molar-refractivity contribution in [3.63, 3.8) is 0 Å². The Hall–Kier alpha value is -1.95. The van der Waals surface area contributed by atoms with Crippen molar-refractivity contribution in [2.45, 2.75) is 72.3 Å². The molecule has 0 aromatic carbocycles. The Balaban J connectivity index is 2.01. The number of nitrogens with zero attached hydrogens (tertiary/aromatic N) is 3. The fourth-order valence-corrected chi connectivity index (χ4v) is 3.15. The lowest BCUT2D eigenvalue weighted by molar-refractivity contribution is -0.139. The maximum atomic E-state index is 11.6. The molecule has 1 unspecified atom stereocenters. The van der Waals surface area contributed by atoms with Crippen molar-refractivity contribution in [1.82, 2.24) is 14.8 Å². The van der Waals surface area contributed by atoms with Gasteiger partial charge < -0.3 is 9.47 Å². The van der Waals surface area contributed by atoms with Crippen LogP contribution in [0.1, 0.15) is 66.2 Å². The van der Waals surface area contributed by atoms with Gasteiger partial charge in [0.2, 0.25) is 0 Å². The quantitative estimate of drug-likeness (QED) is 0.458. The highest BCUT2D eigenvalue weighted by molar-refractivity contribution is 5.72. The zero-order chi connectivity index (χ0) is 19.0. The Morgan fingerprint density at radius 1 is 1.23 bits per heavy atom. The van der Waals surface area contributed by atoms with Gasteiger partial charge in [-0.05, 0) is 26.3 Å². The van der Waals surface area contributed by atoms with Crippen molar-refractivity contribution in [3.05, 3.63) is 30.6 Å². The Kier molecular flexibility index (Phi) is 7.57. The monoisotopic (exact) mass is 361 g/mol. The van der Waals surface area contributed by atoms with E-state index in [1.165, 1.54) is 45.4 Å². The maximum absolute atomic E-state index is 11.6. The van der Waals surface area contributed by atoms with Gasteiger partial charge in [-0.25, -0.2) is 9.67 Å². The van der Waals surface area contributed by atoms with Crippen molar-refractivity contribution in [2.75, 3.05) is 6.61 Å². The molecule has 0 fully saturated rings. The first-order chi connectivity index (χ1) is 12.5. The fourth-order valence-electron chi connectivity index (χ4n) is 3.15. The van der Waals surface area contributed by atoms with E-state index in [0.29, 0.717) is 18.1 Å². The van der Waals surface area contributed by atoms with Crippen LogP contribution in [0.25, 0.3) is 5.70 Å². The summed E-state index contributed by atoms with van der Waals surface area (Å²) >= 11 is 0. The number of allylic oxidation sites excluding steroid dienone is 2. The van der Waals surface area contributed by atoms with E-state index in [9.17, 15) is 4.79 Å². The first-order valence-electron chi connectivity index (χ1n) is 9.54. The molecule has 26 heavy (non-hydrogen) atoms. The van der Waals surface area contributed by atoms with E-state index in [0.717, 1.165) is 6.42 Å². The number of aromatic nitrogens is 3. The summed E-state index contributed by atoms with van der Waals surface area (Å²) in [5.41, 5.74) is 0.228. The summed E-state index contributed by atoms with van der Waals surface area (Å²) in [6.07, 6.45) is 14.2. The molecule has 1 aromatic rings. The molecule has 1 aromatic heterocycles. The highest BCUT2D eigenvalue weighted by atomic mass is 16.5. The van der Waals surface area contributed by atoms with Crippen molar-refractivity contribution in [2.24, 2.45) is 5.41 Å². The number of carbonyl (C=O) groups excluding carboxylic acids is 1. The molecule has 0 saturated carbocycles. The molecule has 6 nitrogen and oxygen atoms in total. The number of rotatable bonds is 10. The van der Waals surface area contributed by atoms with Gasteiger partial charge in [0.15, 0.2) is 0 Å². The number of hydrogen-bond acceptors (Lipinski definition) is 5. The molecule has 1 aliphatic rings. The minimum Gasteiger partial charge on any atom is -0.428 e. The third kappa shape index (κ3) is 5.27. The molecule has 144 valence electrons. The van der Waals surface area contributed by atoms with Crippen LogP contribution in [0, 0.1) is 5.41 Å². The zero-order valence-electron chi connectivity index (χ0n) is 16.4. The second kappa shape index (κ2) is 9.67. The summed E-state index contributed by atoms with van der Waals surface area (Å²) in [6.45, 7) is 8.39. The van der Waals surface area contributed by atoms with Gasteiger partial charge in [0.05, 0.1) is 11.5 Å². The summed E-state index contributed by atoms with van der Waals surface area (Å²) in [5.74, 6) is 0.210. The Bertz CT molecular complexity index is 633. The molecule has 0 bridgehead atoms. The Morgan fingerprint density at radius 2 is 1.96 bits per heavy atom. The number of unbranched alkanes of at least 4 members (excludes halogenated alkanes) is 5. The lowest BCUT2D eigenvalue weighted by Gasteiger charge is -2.37. The van der Waals surface area contributed by atoms with Crippen LogP contribution >= 0.6 is 0 Å². The van der Waals surface area contributed by atoms with Crippen LogP contribution in [0.2, 0.25) is 0 Å². The minimum atomic E-state index is -0.482. The molecule has 1 heterocycles. The van der Waals surface area contributed by atoms with Gasteiger partial charge in [-0.3, -0.25) is 4.79 Å². The van der Waals surface area contributed by atoms with Crippen LogP contribution in [0.5, 0.6) is 0 Å². The number of esters is 1. The predicted molar refractivity (Wildman–Crippen MR) is 101 cm³/mol. The van der Waals surface area contributed by atoms with Crippen LogP contribution in [0.3, 0.4) is 0 Å². The molecule has 6 heteroatoms. The Labute approximate surface area is 156 Å².